The molecule has 0 rings (SSSR count). The van der Waals surface area contributed by atoms with Crippen LogP contribution in [0.1, 0.15) is 136 Å². The van der Waals surface area contributed by atoms with Crippen LogP contribution >= 0.6 is 7.92 Å². The zero-order chi connectivity index (χ0) is 18.4. The Kier molecular flexibility index (Phi) is 31.5. The van der Waals surface area contributed by atoms with E-state index in [9.17, 15) is 0 Å². The molecule has 0 aromatic rings. The summed E-state index contributed by atoms with van der Waals surface area (Å²) in [4.78, 5) is 0. The summed E-state index contributed by atoms with van der Waals surface area (Å²) in [6, 6.07) is 0. The molecule has 0 fully saturated rings. The first-order valence-electron chi connectivity index (χ1n) is 12.1. The van der Waals surface area contributed by atoms with Crippen LogP contribution in [0.3, 0.4) is 0 Å². The van der Waals surface area contributed by atoms with E-state index in [2.05, 4.69) is 20.8 Å². The molecule has 0 saturated carbocycles. The first-order chi connectivity index (χ1) is 12.3. The molecule has 2 heteroatoms. The number of rotatable bonds is 21. The number of hydrogen-bond donors (Lipinski definition) is 0. The second-order valence-corrected chi connectivity index (χ2v) is 10.8. The van der Waals surface area contributed by atoms with Gasteiger partial charge in [0.05, 0.1) is 0 Å². The van der Waals surface area contributed by atoms with Crippen molar-refractivity contribution in [2.24, 2.45) is 0 Å². The van der Waals surface area contributed by atoms with Crippen LogP contribution < -0.4 is 0 Å². The molecule has 0 aliphatic heterocycles. The van der Waals surface area contributed by atoms with Gasteiger partial charge in [-0.25, -0.2) is 0 Å². The third kappa shape index (κ3) is 24.1. The maximum absolute atomic E-state index is 2.32. The van der Waals surface area contributed by atoms with Crippen molar-refractivity contribution in [3.05, 3.63) is 0 Å². The fraction of sp³-hybridized carbons (Fsp3) is 1.00. The molecular formula is C24H52KP. The number of hydrogen-bond acceptors (Lipinski definition) is 0. The summed E-state index contributed by atoms with van der Waals surface area (Å²) in [5.41, 5.74) is 0. The zero-order valence-corrected chi connectivity index (χ0v) is 19.2. The molecule has 0 unspecified atom stereocenters. The third-order valence-electron chi connectivity index (χ3n) is 5.48. The van der Waals surface area contributed by atoms with Crippen molar-refractivity contribution in [2.75, 3.05) is 18.5 Å². The van der Waals surface area contributed by atoms with E-state index in [-0.39, 0.29) is 51.4 Å². The van der Waals surface area contributed by atoms with Crippen LogP contribution in [0.2, 0.25) is 0 Å². The molecule has 0 aliphatic rings. The molecule has 0 heterocycles. The van der Waals surface area contributed by atoms with Gasteiger partial charge in [0, 0.05) is 0 Å². The fourth-order valence-corrected chi connectivity index (χ4v) is 6.37. The minimum atomic E-state index is 0. The van der Waals surface area contributed by atoms with E-state index in [0.29, 0.717) is 7.92 Å². The van der Waals surface area contributed by atoms with Crippen molar-refractivity contribution in [3.63, 3.8) is 0 Å². The average Bonchev–Trinajstić information content (AvgIpc) is 2.63. The van der Waals surface area contributed by atoms with Gasteiger partial charge >= 0.3 is 51.4 Å². The minimum absolute atomic E-state index is 0. The number of unbranched alkanes of at least 4 members (excludes halogenated alkanes) is 15. The predicted octanol–water partition coefficient (Wildman–Crippen LogP) is 8.90. The van der Waals surface area contributed by atoms with Crippen molar-refractivity contribution >= 4 is 59.3 Å². The Bertz CT molecular complexity index is 194. The molecule has 0 spiro atoms. The van der Waals surface area contributed by atoms with Crippen LogP contribution in [-0.4, -0.2) is 69.9 Å². The van der Waals surface area contributed by atoms with Crippen molar-refractivity contribution in [1.29, 1.82) is 0 Å². The van der Waals surface area contributed by atoms with Gasteiger partial charge in [0.25, 0.3) is 0 Å². The first kappa shape index (κ1) is 30.3. The first-order valence-corrected chi connectivity index (χ1v) is 14.0. The molecule has 0 N–H and O–H groups in total. The molecule has 0 aliphatic carbocycles. The Balaban J connectivity index is 0. The van der Waals surface area contributed by atoms with E-state index in [4.69, 9.17) is 0 Å². The predicted molar refractivity (Wildman–Crippen MR) is 129 cm³/mol. The van der Waals surface area contributed by atoms with Crippen LogP contribution in [0.5, 0.6) is 0 Å². The quantitative estimate of drug-likeness (QED) is 0.101. The second-order valence-electron chi connectivity index (χ2n) is 8.14. The van der Waals surface area contributed by atoms with Gasteiger partial charge in [0.1, 0.15) is 0 Å². The molecule has 0 aromatic heterocycles. The Hall–Kier alpha value is 2.07. The summed E-state index contributed by atoms with van der Waals surface area (Å²) >= 11 is 0. The Labute approximate surface area is 212 Å². The Morgan fingerprint density at radius 3 is 0.846 bits per heavy atom. The maximum atomic E-state index is 2.32. The molecule has 0 nitrogen and oxygen atoms in total. The van der Waals surface area contributed by atoms with Crippen LogP contribution in [0.25, 0.3) is 0 Å². The van der Waals surface area contributed by atoms with Gasteiger partial charge in [-0.3, -0.25) is 0 Å². The van der Waals surface area contributed by atoms with Crippen LogP contribution in [0.15, 0.2) is 0 Å². The van der Waals surface area contributed by atoms with E-state index >= 15 is 0 Å². The third-order valence-corrected chi connectivity index (χ3v) is 8.33. The van der Waals surface area contributed by atoms with E-state index < -0.39 is 0 Å². The van der Waals surface area contributed by atoms with E-state index in [1.807, 2.05) is 0 Å². The normalized spacial score (nSPS) is 11.1. The van der Waals surface area contributed by atoms with E-state index in [1.54, 1.807) is 18.5 Å². The summed E-state index contributed by atoms with van der Waals surface area (Å²) in [5.74, 6) is 0. The van der Waals surface area contributed by atoms with E-state index in [0.717, 1.165) is 0 Å². The topological polar surface area (TPSA) is 0 Å². The molecule has 0 radical (unpaired) electrons. The van der Waals surface area contributed by atoms with Crippen molar-refractivity contribution in [2.45, 2.75) is 136 Å². The molecular weight excluding hydrogens is 358 g/mol. The summed E-state index contributed by atoms with van der Waals surface area (Å²) in [6.07, 6.45) is 31.2. The van der Waals surface area contributed by atoms with Crippen molar-refractivity contribution in [1.82, 2.24) is 0 Å². The summed E-state index contributed by atoms with van der Waals surface area (Å²) in [7, 11) is 0.366. The monoisotopic (exact) mass is 410 g/mol. The van der Waals surface area contributed by atoms with Gasteiger partial charge in [0.15, 0.2) is 0 Å². The van der Waals surface area contributed by atoms with Gasteiger partial charge in [-0.2, -0.15) is 0 Å². The zero-order valence-electron chi connectivity index (χ0n) is 18.3. The molecule has 0 bridgehead atoms. The molecule has 0 saturated heterocycles. The van der Waals surface area contributed by atoms with Crippen molar-refractivity contribution < 1.29 is 0 Å². The van der Waals surface area contributed by atoms with Crippen LogP contribution in [0, 0.1) is 0 Å². The van der Waals surface area contributed by atoms with Gasteiger partial charge in [-0.05, 0) is 37.7 Å². The molecule has 0 atom stereocenters. The van der Waals surface area contributed by atoms with Gasteiger partial charge in [-0.15, -0.1) is 7.92 Å². The SMILES string of the molecule is CCCCCCCCP(CCCCCCCC)CCCCCCCC.[KH]. The van der Waals surface area contributed by atoms with Gasteiger partial charge < -0.3 is 0 Å². The molecule has 154 valence electrons. The Morgan fingerprint density at radius 1 is 0.346 bits per heavy atom. The summed E-state index contributed by atoms with van der Waals surface area (Å²) in [5, 5.41) is 0. The van der Waals surface area contributed by atoms with Gasteiger partial charge in [-0.1, -0.05) is 117 Å². The second kappa shape index (κ2) is 27.1. The summed E-state index contributed by atoms with van der Waals surface area (Å²) < 4.78 is 0. The van der Waals surface area contributed by atoms with Crippen molar-refractivity contribution in [3.8, 4) is 0 Å². The molecule has 26 heavy (non-hydrogen) atoms. The Morgan fingerprint density at radius 2 is 0.577 bits per heavy atom. The average molecular weight is 411 g/mol. The molecule has 0 aromatic carbocycles. The van der Waals surface area contributed by atoms with Gasteiger partial charge in [0.2, 0.25) is 0 Å². The fourth-order valence-electron chi connectivity index (χ4n) is 3.68. The standard InChI is InChI=1S/C24H51P.K.H/c1-4-7-10-13-16-19-22-25(23-20-17-14-11-8-5-2)24-21-18-15-12-9-6-3;;/h4-24H2,1-3H3;;. The van der Waals surface area contributed by atoms with Crippen LogP contribution in [0.4, 0.5) is 0 Å². The van der Waals surface area contributed by atoms with E-state index in [1.165, 1.54) is 116 Å². The summed E-state index contributed by atoms with van der Waals surface area (Å²) in [6.45, 7) is 6.96. The molecule has 0 amide bonds. The van der Waals surface area contributed by atoms with Crippen LogP contribution in [-0.2, 0) is 0 Å².